The third-order valence-electron chi connectivity index (χ3n) is 5.57. The Morgan fingerprint density at radius 1 is 0.941 bits per heavy atom. The van der Waals surface area contributed by atoms with Crippen LogP contribution < -0.4 is 20.1 Å². The number of anilines is 1. The Hall–Kier alpha value is -4.04. The number of ether oxygens (including phenoxy) is 2. The fraction of sp³-hybridized carbons (Fsp3) is 0.160. The number of nitrogens with one attached hydrogen (secondary N) is 2. The van der Waals surface area contributed by atoms with E-state index in [2.05, 4.69) is 10.6 Å². The number of carbonyl (C=O) groups is 3. The van der Waals surface area contributed by atoms with E-state index in [0.717, 1.165) is 4.90 Å². The Kier molecular flexibility index (Phi) is 6.43. The number of hydrogen-bond acceptors (Lipinski definition) is 5. The molecular weight excluding hydrogens is 458 g/mol. The van der Waals surface area contributed by atoms with E-state index >= 15 is 0 Å². The molecule has 0 spiro atoms. The molecule has 0 aromatic heterocycles. The lowest BCUT2D eigenvalue weighted by molar-refractivity contribution is -0.133. The first kappa shape index (κ1) is 23.1. The molecule has 1 aliphatic heterocycles. The van der Waals surface area contributed by atoms with Gasteiger partial charge in [-0.2, -0.15) is 0 Å². The quantitative estimate of drug-likeness (QED) is 0.502. The number of carbonyl (C=O) groups excluding carboxylic acids is 3. The summed E-state index contributed by atoms with van der Waals surface area (Å²) in [5, 5.41) is 5.73. The lowest BCUT2D eigenvalue weighted by atomic mass is 9.82. The smallest absolute Gasteiger partial charge is 0.326 e. The van der Waals surface area contributed by atoms with Gasteiger partial charge in [0.15, 0.2) is 5.54 Å². The maximum Gasteiger partial charge on any atom is 0.326 e. The molecule has 4 rings (SSSR count). The molecular formula is C25H22ClN3O5. The van der Waals surface area contributed by atoms with Crippen molar-refractivity contribution in [3.05, 3.63) is 88.9 Å². The Morgan fingerprint density at radius 3 is 2.03 bits per heavy atom. The van der Waals surface area contributed by atoms with Gasteiger partial charge in [-0.15, -0.1) is 0 Å². The molecule has 4 amide bonds. The van der Waals surface area contributed by atoms with E-state index in [9.17, 15) is 14.4 Å². The number of rotatable bonds is 7. The molecule has 1 heterocycles. The molecule has 8 nitrogen and oxygen atoms in total. The lowest BCUT2D eigenvalue weighted by Crippen LogP contribution is -2.45. The van der Waals surface area contributed by atoms with E-state index in [0.29, 0.717) is 22.6 Å². The molecule has 1 saturated heterocycles. The van der Waals surface area contributed by atoms with Gasteiger partial charge in [0.1, 0.15) is 18.0 Å². The summed E-state index contributed by atoms with van der Waals surface area (Å²) in [6.07, 6.45) is 0. The second kappa shape index (κ2) is 9.44. The van der Waals surface area contributed by atoms with Gasteiger partial charge >= 0.3 is 6.03 Å². The highest BCUT2D eigenvalue weighted by Gasteiger charge is 2.54. The van der Waals surface area contributed by atoms with Crippen LogP contribution >= 0.6 is 11.6 Å². The van der Waals surface area contributed by atoms with Crippen molar-refractivity contribution < 1.29 is 23.9 Å². The second-order valence-corrected chi connectivity index (χ2v) is 7.95. The SMILES string of the molecule is COc1cc(OC)c(NC(=O)CN2C(=O)NC(c3ccccc3)(c3ccccc3)C2=O)cc1Cl. The summed E-state index contributed by atoms with van der Waals surface area (Å²) in [6.45, 7) is -0.501. The zero-order valence-corrected chi connectivity index (χ0v) is 19.3. The van der Waals surface area contributed by atoms with Crippen molar-refractivity contribution in [3.63, 3.8) is 0 Å². The van der Waals surface area contributed by atoms with Crippen LogP contribution in [0.25, 0.3) is 0 Å². The maximum atomic E-state index is 13.7. The third-order valence-corrected chi connectivity index (χ3v) is 5.86. The number of benzene rings is 3. The summed E-state index contributed by atoms with van der Waals surface area (Å²) in [5.74, 6) is -0.458. The largest absolute Gasteiger partial charge is 0.495 e. The van der Waals surface area contributed by atoms with E-state index < -0.39 is 29.9 Å². The minimum absolute atomic E-state index is 0.265. The Balaban J connectivity index is 1.63. The molecule has 3 aromatic carbocycles. The minimum atomic E-state index is -1.44. The molecule has 1 aliphatic rings. The van der Waals surface area contributed by atoms with Crippen molar-refractivity contribution in [1.82, 2.24) is 10.2 Å². The third kappa shape index (κ3) is 4.04. The summed E-state index contributed by atoms with van der Waals surface area (Å²) in [7, 11) is 2.89. The molecule has 0 saturated carbocycles. The number of methoxy groups -OCH3 is 2. The topological polar surface area (TPSA) is 97.0 Å². The van der Waals surface area contributed by atoms with Crippen LogP contribution in [0.4, 0.5) is 10.5 Å². The van der Waals surface area contributed by atoms with Crippen LogP contribution in [0.3, 0.4) is 0 Å². The average molecular weight is 480 g/mol. The molecule has 9 heteroatoms. The predicted molar refractivity (Wildman–Crippen MR) is 127 cm³/mol. The van der Waals surface area contributed by atoms with Crippen molar-refractivity contribution in [2.75, 3.05) is 26.1 Å². The van der Waals surface area contributed by atoms with Gasteiger partial charge in [-0.3, -0.25) is 14.5 Å². The molecule has 0 bridgehead atoms. The first-order chi connectivity index (χ1) is 16.4. The molecule has 1 fully saturated rings. The van der Waals surface area contributed by atoms with Gasteiger partial charge in [-0.1, -0.05) is 72.3 Å². The highest BCUT2D eigenvalue weighted by atomic mass is 35.5. The molecule has 0 radical (unpaired) electrons. The first-order valence-electron chi connectivity index (χ1n) is 10.4. The second-order valence-electron chi connectivity index (χ2n) is 7.54. The Morgan fingerprint density at radius 2 is 1.50 bits per heavy atom. The van der Waals surface area contributed by atoms with Crippen LogP contribution in [0, 0.1) is 0 Å². The summed E-state index contributed by atoms with van der Waals surface area (Å²) in [5.41, 5.74) is 0.0147. The van der Waals surface area contributed by atoms with Gasteiger partial charge in [0, 0.05) is 6.07 Å². The van der Waals surface area contributed by atoms with Gasteiger partial charge in [-0.25, -0.2) is 4.79 Å². The Bertz CT molecular complexity index is 1190. The van der Waals surface area contributed by atoms with Crippen LogP contribution in [-0.4, -0.2) is 43.5 Å². The molecule has 3 aromatic rings. The lowest BCUT2D eigenvalue weighted by Gasteiger charge is -2.28. The maximum absolute atomic E-state index is 13.7. The van der Waals surface area contributed by atoms with Crippen molar-refractivity contribution >= 4 is 35.1 Å². The van der Waals surface area contributed by atoms with Crippen LogP contribution in [0.15, 0.2) is 72.8 Å². The van der Waals surface area contributed by atoms with Crippen molar-refractivity contribution in [1.29, 1.82) is 0 Å². The van der Waals surface area contributed by atoms with Gasteiger partial charge in [0.2, 0.25) is 5.91 Å². The number of hydrogen-bond donors (Lipinski definition) is 2. The molecule has 0 unspecified atom stereocenters. The highest BCUT2D eigenvalue weighted by molar-refractivity contribution is 6.32. The normalized spacial score (nSPS) is 14.5. The van der Waals surface area contributed by atoms with Gasteiger partial charge in [0.25, 0.3) is 5.91 Å². The molecule has 174 valence electrons. The number of halogens is 1. The van der Waals surface area contributed by atoms with Crippen molar-refractivity contribution in [2.45, 2.75) is 5.54 Å². The molecule has 34 heavy (non-hydrogen) atoms. The number of imide groups is 1. The minimum Gasteiger partial charge on any atom is -0.495 e. The van der Waals surface area contributed by atoms with E-state index in [4.69, 9.17) is 21.1 Å². The van der Waals surface area contributed by atoms with Crippen LogP contribution in [0.5, 0.6) is 11.5 Å². The van der Waals surface area contributed by atoms with E-state index in [1.54, 1.807) is 48.5 Å². The monoisotopic (exact) mass is 479 g/mol. The van der Waals surface area contributed by atoms with E-state index in [1.165, 1.54) is 26.4 Å². The number of nitrogens with zero attached hydrogens (tertiary/aromatic N) is 1. The zero-order valence-electron chi connectivity index (χ0n) is 18.5. The summed E-state index contributed by atoms with van der Waals surface area (Å²) >= 11 is 6.17. The molecule has 2 N–H and O–H groups in total. The zero-order chi connectivity index (χ0) is 24.3. The van der Waals surface area contributed by atoms with Crippen LogP contribution in [0.2, 0.25) is 5.02 Å². The van der Waals surface area contributed by atoms with E-state index in [1.807, 2.05) is 12.1 Å². The number of amides is 4. The van der Waals surface area contributed by atoms with Crippen molar-refractivity contribution in [3.8, 4) is 11.5 Å². The summed E-state index contributed by atoms with van der Waals surface area (Å²) in [4.78, 5) is 40.4. The summed E-state index contributed by atoms with van der Waals surface area (Å²) in [6, 6.07) is 20.2. The molecule has 0 aliphatic carbocycles. The molecule has 0 atom stereocenters. The number of urea groups is 1. The first-order valence-corrected chi connectivity index (χ1v) is 10.7. The van der Waals surface area contributed by atoms with Gasteiger partial charge in [-0.05, 0) is 17.2 Å². The van der Waals surface area contributed by atoms with Crippen LogP contribution in [0.1, 0.15) is 11.1 Å². The average Bonchev–Trinajstić information content (AvgIpc) is 3.11. The Labute approximate surface area is 201 Å². The van der Waals surface area contributed by atoms with Crippen LogP contribution in [-0.2, 0) is 15.1 Å². The predicted octanol–water partition coefficient (Wildman–Crippen LogP) is 3.79. The highest BCUT2D eigenvalue weighted by Crippen LogP contribution is 2.37. The fourth-order valence-corrected chi connectivity index (χ4v) is 4.19. The van der Waals surface area contributed by atoms with Crippen molar-refractivity contribution in [2.24, 2.45) is 0 Å². The summed E-state index contributed by atoms with van der Waals surface area (Å²) < 4.78 is 10.5. The standard InChI is InChI=1S/C25H22ClN3O5/c1-33-20-14-21(34-2)19(13-18(20)26)27-22(30)15-29-23(31)25(28-24(29)32,16-9-5-3-6-10-16)17-11-7-4-8-12-17/h3-14H,15H2,1-2H3,(H,27,30)(H,28,32). The van der Waals surface area contributed by atoms with Gasteiger partial charge < -0.3 is 20.1 Å². The fourth-order valence-electron chi connectivity index (χ4n) is 3.94. The van der Waals surface area contributed by atoms with E-state index in [-0.39, 0.29) is 10.7 Å². The van der Waals surface area contributed by atoms with Gasteiger partial charge in [0.05, 0.1) is 24.9 Å².